The SMILES string of the molecule is CCOC(=O)c1ccc(C2(c3ccc(C(=O)OCC)cc3)c3cc(C)ccc3-c3ccc(C)cc32)cc1. The quantitative estimate of drug-likeness (QED) is 0.240. The standard InChI is InChI=1S/C33H30O4/c1-5-36-31(34)23-9-13-25(14-10-23)33(26-15-11-24(12-16-26)32(35)37-6-2)29-19-21(3)7-17-27(29)28-18-8-22(4)20-30(28)33/h7-20H,5-6H2,1-4H3. The third-order valence-corrected chi connectivity index (χ3v) is 7.11. The van der Waals surface area contributed by atoms with Gasteiger partial charge in [-0.05, 0) is 85.3 Å². The Bertz CT molecular complexity index is 1370. The van der Waals surface area contributed by atoms with Crippen LogP contribution >= 0.6 is 0 Å². The van der Waals surface area contributed by atoms with Gasteiger partial charge in [0.05, 0.1) is 29.8 Å². The van der Waals surface area contributed by atoms with Gasteiger partial charge in [0.15, 0.2) is 0 Å². The van der Waals surface area contributed by atoms with Crippen molar-refractivity contribution in [3.05, 3.63) is 129 Å². The normalized spacial score (nSPS) is 13.0. The fourth-order valence-corrected chi connectivity index (χ4v) is 5.48. The molecule has 4 nitrogen and oxygen atoms in total. The predicted molar refractivity (Wildman–Crippen MR) is 145 cm³/mol. The minimum Gasteiger partial charge on any atom is -0.462 e. The molecule has 0 N–H and O–H groups in total. The molecule has 4 aromatic carbocycles. The fourth-order valence-electron chi connectivity index (χ4n) is 5.48. The zero-order chi connectivity index (χ0) is 26.2. The van der Waals surface area contributed by atoms with E-state index in [1.165, 1.54) is 33.4 Å². The van der Waals surface area contributed by atoms with Crippen LogP contribution in [0, 0.1) is 13.8 Å². The number of carbonyl (C=O) groups excluding carboxylic acids is 2. The highest BCUT2D eigenvalue weighted by molar-refractivity contribution is 5.91. The van der Waals surface area contributed by atoms with Crippen LogP contribution in [0.4, 0.5) is 0 Å². The first-order valence-corrected chi connectivity index (χ1v) is 12.7. The molecule has 1 aliphatic rings. The number of hydrogen-bond acceptors (Lipinski definition) is 4. The van der Waals surface area contributed by atoms with E-state index in [9.17, 15) is 9.59 Å². The van der Waals surface area contributed by atoms with E-state index in [1.807, 2.05) is 48.5 Å². The minimum absolute atomic E-state index is 0.330. The van der Waals surface area contributed by atoms with Gasteiger partial charge in [-0.25, -0.2) is 9.59 Å². The van der Waals surface area contributed by atoms with Crippen LogP contribution in [-0.4, -0.2) is 25.2 Å². The van der Waals surface area contributed by atoms with Crippen molar-refractivity contribution >= 4 is 11.9 Å². The summed E-state index contributed by atoms with van der Waals surface area (Å²) in [7, 11) is 0. The number of carbonyl (C=O) groups is 2. The summed E-state index contributed by atoms with van der Waals surface area (Å²) in [5.41, 5.74) is 9.56. The summed E-state index contributed by atoms with van der Waals surface area (Å²) in [6.45, 7) is 8.48. The van der Waals surface area contributed by atoms with Crippen molar-refractivity contribution in [3.8, 4) is 11.1 Å². The van der Waals surface area contributed by atoms with Gasteiger partial charge >= 0.3 is 11.9 Å². The summed E-state index contributed by atoms with van der Waals surface area (Å²) in [6, 6.07) is 28.6. The lowest BCUT2D eigenvalue weighted by Gasteiger charge is -2.34. The smallest absolute Gasteiger partial charge is 0.338 e. The van der Waals surface area contributed by atoms with E-state index >= 15 is 0 Å². The van der Waals surface area contributed by atoms with E-state index in [0.29, 0.717) is 24.3 Å². The zero-order valence-corrected chi connectivity index (χ0v) is 21.6. The summed E-state index contributed by atoms with van der Waals surface area (Å²) in [4.78, 5) is 24.8. The van der Waals surface area contributed by atoms with E-state index in [2.05, 4.69) is 50.2 Å². The van der Waals surface area contributed by atoms with Gasteiger partial charge < -0.3 is 9.47 Å². The van der Waals surface area contributed by atoms with Crippen LogP contribution in [-0.2, 0) is 14.9 Å². The zero-order valence-electron chi connectivity index (χ0n) is 21.6. The van der Waals surface area contributed by atoms with Crippen molar-refractivity contribution in [2.75, 3.05) is 13.2 Å². The number of hydrogen-bond donors (Lipinski definition) is 0. The Morgan fingerprint density at radius 1 is 0.595 bits per heavy atom. The first-order chi connectivity index (χ1) is 17.9. The molecule has 4 aromatic rings. The number of benzene rings is 4. The molecule has 0 aromatic heterocycles. The van der Waals surface area contributed by atoms with Crippen molar-refractivity contribution in [2.24, 2.45) is 0 Å². The van der Waals surface area contributed by atoms with Crippen molar-refractivity contribution in [1.29, 1.82) is 0 Å². The molecule has 0 radical (unpaired) electrons. The third kappa shape index (κ3) is 4.03. The van der Waals surface area contributed by atoms with Crippen molar-refractivity contribution in [2.45, 2.75) is 33.1 Å². The van der Waals surface area contributed by atoms with Crippen LogP contribution in [0.15, 0.2) is 84.9 Å². The lowest BCUT2D eigenvalue weighted by atomic mass is 9.67. The molecule has 186 valence electrons. The Hall–Kier alpha value is -4.18. The van der Waals surface area contributed by atoms with Gasteiger partial charge in [0.1, 0.15) is 0 Å². The van der Waals surface area contributed by atoms with E-state index in [4.69, 9.17) is 9.47 Å². The second-order valence-electron chi connectivity index (χ2n) is 9.44. The van der Waals surface area contributed by atoms with E-state index in [-0.39, 0.29) is 11.9 Å². The molecule has 0 fully saturated rings. The summed E-state index contributed by atoms with van der Waals surface area (Å²) in [5, 5.41) is 0. The number of rotatable bonds is 6. The molecule has 0 spiro atoms. The molecular formula is C33H30O4. The molecule has 0 atom stereocenters. The van der Waals surface area contributed by atoms with Gasteiger partial charge in [-0.2, -0.15) is 0 Å². The highest BCUT2D eigenvalue weighted by Crippen LogP contribution is 2.56. The van der Waals surface area contributed by atoms with Crippen LogP contribution in [0.1, 0.15) is 67.9 Å². The average Bonchev–Trinajstić information content (AvgIpc) is 3.18. The van der Waals surface area contributed by atoms with E-state index in [0.717, 1.165) is 11.1 Å². The molecule has 0 saturated carbocycles. The Balaban J connectivity index is 1.79. The van der Waals surface area contributed by atoms with Crippen LogP contribution in [0.3, 0.4) is 0 Å². The molecule has 0 bridgehead atoms. The molecule has 0 heterocycles. The Morgan fingerprint density at radius 2 is 0.973 bits per heavy atom. The Kier molecular flexibility index (Phi) is 6.43. The monoisotopic (exact) mass is 490 g/mol. The summed E-state index contributed by atoms with van der Waals surface area (Å²) < 4.78 is 10.4. The van der Waals surface area contributed by atoms with Crippen molar-refractivity contribution in [3.63, 3.8) is 0 Å². The molecule has 0 unspecified atom stereocenters. The molecule has 4 heteroatoms. The maximum Gasteiger partial charge on any atom is 0.338 e. The van der Waals surface area contributed by atoms with E-state index in [1.54, 1.807) is 13.8 Å². The van der Waals surface area contributed by atoms with Gasteiger partial charge in [0.25, 0.3) is 0 Å². The molecule has 0 saturated heterocycles. The molecular weight excluding hydrogens is 460 g/mol. The Morgan fingerprint density at radius 3 is 1.32 bits per heavy atom. The molecule has 0 aliphatic heterocycles. The molecule has 0 amide bonds. The number of aryl methyl sites for hydroxylation is 2. The lowest BCUT2D eigenvalue weighted by molar-refractivity contribution is 0.0517. The second kappa shape index (κ2) is 9.70. The van der Waals surface area contributed by atoms with Gasteiger partial charge in [-0.3, -0.25) is 0 Å². The topological polar surface area (TPSA) is 52.6 Å². The molecule has 37 heavy (non-hydrogen) atoms. The first-order valence-electron chi connectivity index (χ1n) is 12.7. The predicted octanol–water partition coefficient (Wildman–Crippen LogP) is 7.02. The van der Waals surface area contributed by atoms with Crippen LogP contribution in [0.2, 0.25) is 0 Å². The van der Waals surface area contributed by atoms with Crippen LogP contribution in [0.5, 0.6) is 0 Å². The summed E-state index contributed by atoms with van der Waals surface area (Å²) in [5.74, 6) is -0.665. The van der Waals surface area contributed by atoms with E-state index < -0.39 is 5.41 Å². The largest absolute Gasteiger partial charge is 0.462 e. The first kappa shape index (κ1) is 24.5. The Labute approximate surface area is 217 Å². The summed E-state index contributed by atoms with van der Waals surface area (Å²) >= 11 is 0. The maximum atomic E-state index is 12.4. The highest BCUT2D eigenvalue weighted by Gasteiger charge is 2.46. The second-order valence-corrected chi connectivity index (χ2v) is 9.44. The third-order valence-electron chi connectivity index (χ3n) is 7.11. The minimum atomic E-state index is -0.622. The van der Waals surface area contributed by atoms with Gasteiger partial charge in [-0.1, -0.05) is 71.8 Å². The number of fused-ring (bicyclic) bond motifs is 3. The van der Waals surface area contributed by atoms with Gasteiger partial charge in [0, 0.05) is 0 Å². The fraction of sp³-hybridized carbons (Fsp3) is 0.212. The average molecular weight is 491 g/mol. The van der Waals surface area contributed by atoms with Crippen LogP contribution in [0.25, 0.3) is 11.1 Å². The maximum absolute atomic E-state index is 12.4. The van der Waals surface area contributed by atoms with Gasteiger partial charge in [-0.15, -0.1) is 0 Å². The van der Waals surface area contributed by atoms with Crippen LogP contribution < -0.4 is 0 Å². The van der Waals surface area contributed by atoms with Gasteiger partial charge in [0.2, 0.25) is 0 Å². The number of ether oxygens (including phenoxy) is 2. The van der Waals surface area contributed by atoms with Crippen molar-refractivity contribution < 1.29 is 19.1 Å². The molecule has 1 aliphatic carbocycles. The number of esters is 2. The van der Waals surface area contributed by atoms with Crippen molar-refractivity contribution in [1.82, 2.24) is 0 Å². The molecule has 5 rings (SSSR count). The lowest BCUT2D eigenvalue weighted by Crippen LogP contribution is -2.29. The summed E-state index contributed by atoms with van der Waals surface area (Å²) in [6.07, 6.45) is 0. The highest BCUT2D eigenvalue weighted by atomic mass is 16.5.